The van der Waals surface area contributed by atoms with Gasteiger partial charge in [0.2, 0.25) is 0 Å². The molecule has 3 rings (SSSR count). The lowest BCUT2D eigenvalue weighted by molar-refractivity contribution is 0.0162. The number of nitrogens with zero attached hydrogens (tertiary/aromatic N) is 1. The third-order valence-corrected chi connectivity index (χ3v) is 5.00. The zero-order valence-electron chi connectivity index (χ0n) is 17.5. The molecule has 1 saturated heterocycles. The van der Waals surface area contributed by atoms with Crippen molar-refractivity contribution < 1.29 is 23.4 Å². The van der Waals surface area contributed by atoms with E-state index < -0.39 is 0 Å². The molecule has 0 aromatic heterocycles. The van der Waals surface area contributed by atoms with E-state index in [1.807, 2.05) is 13.8 Å². The number of ether oxygens (including phenoxy) is 3. The number of hydrogen-bond acceptors (Lipinski definition) is 5. The van der Waals surface area contributed by atoms with Gasteiger partial charge in [-0.2, -0.15) is 0 Å². The Morgan fingerprint density at radius 2 is 1.73 bits per heavy atom. The summed E-state index contributed by atoms with van der Waals surface area (Å²) in [5.74, 6) is 0.699. The summed E-state index contributed by atoms with van der Waals surface area (Å²) in [6, 6.07) is 11.6. The molecule has 162 valence electrons. The maximum Gasteiger partial charge on any atom is 0.251 e. The number of hydrogen-bond donors (Lipinski definition) is 1. The molecule has 0 bridgehead atoms. The van der Waals surface area contributed by atoms with Crippen molar-refractivity contribution in [1.29, 1.82) is 0 Å². The van der Waals surface area contributed by atoms with Crippen LogP contribution in [0.1, 0.15) is 35.8 Å². The van der Waals surface area contributed by atoms with E-state index in [0.29, 0.717) is 50.0 Å². The fraction of sp³-hybridized carbons (Fsp3) is 0.435. The lowest BCUT2D eigenvalue weighted by Gasteiger charge is -2.35. The SMILES string of the molecule is CCOc1ccc(C(=O)NCC(c2ccc(F)cc2)N2CCOCC2)cc1OCC. The van der Waals surface area contributed by atoms with Gasteiger partial charge in [0, 0.05) is 25.2 Å². The molecule has 1 unspecified atom stereocenters. The highest BCUT2D eigenvalue weighted by Gasteiger charge is 2.23. The maximum atomic E-state index is 13.4. The van der Waals surface area contributed by atoms with Crippen LogP contribution >= 0.6 is 0 Å². The first kappa shape index (κ1) is 22.1. The quantitative estimate of drug-likeness (QED) is 0.679. The summed E-state index contributed by atoms with van der Waals surface area (Å²) in [5, 5.41) is 3.02. The molecule has 1 aliphatic rings. The molecule has 30 heavy (non-hydrogen) atoms. The van der Waals surface area contributed by atoms with Crippen LogP contribution < -0.4 is 14.8 Å². The lowest BCUT2D eigenvalue weighted by Crippen LogP contribution is -2.43. The fourth-order valence-corrected chi connectivity index (χ4v) is 3.52. The van der Waals surface area contributed by atoms with E-state index in [4.69, 9.17) is 14.2 Å². The second-order valence-corrected chi connectivity index (χ2v) is 6.95. The molecule has 2 aromatic carbocycles. The summed E-state index contributed by atoms with van der Waals surface area (Å²) in [7, 11) is 0. The largest absolute Gasteiger partial charge is 0.490 e. The van der Waals surface area contributed by atoms with E-state index in [1.54, 1.807) is 30.3 Å². The van der Waals surface area contributed by atoms with Crippen molar-refractivity contribution in [3.63, 3.8) is 0 Å². The lowest BCUT2D eigenvalue weighted by atomic mass is 10.0. The molecular weight excluding hydrogens is 387 g/mol. The minimum Gasteiger partial charge on any atom is -0.490 e. The molecule has 2 aromatic rings. The topological polar surface area (TPSA) is 60.0 Å². The highest BCUT2D eigenvalue weighted by molar-refractivity contribution is 5.94. The second kappa shape index (κ2) is 10.9. The van der Waals surface area contributed by atoms with Crippen LogP contribution in [-0.4, -0.2) is 56.9 Å². The average Bonchev–Trinajstić information content (AvgIpc) is 2.77. The molecule has 0 spiro atoms. The Bertz CT molecular complexity index is 822. The first-order valence-electron chi connectivity index (χ1n) is 10.4. The molecule has 7 heteroatoms. The van der Waals surface area contributed by atoms with E-state index in [1.165, 1.54) is 12.1 Å². The van der Waals surface area contributed by atoms with Gasteiger partial charge in [-0.05, 0) is 49.7 Å². The van der Waals surface area contributed by atoms with Crippen molar-refractivity contribution in [2.45, 2.75) is 19.9 Å². The Morgan fingerprint density at radius 1 is 1.07 bits per heavy atom. The predicted octanol–water partition coefficient (Wildman–Crippen LogP) is 3.43. The van der Waals surface area contributed by atoms with Crippen LogP contribution in [0.5, 0.6) is 11.5 Å². The Morgan fingerprint density at radius 3 is 2.40 bits per heavy atom. The van der Waals surface area contributed by atoms with Crippen molar-refractivity contribution in [3.8, 4) is 11.5 Å². The van der Waals surface area contributed by atoms with Crippen LogP contribution in [0.2, 0.25) is 0 Å². The minimum absolute atomic E-state index is 0.0625. The van der Waals surface area contributed by atoms with Crippen molar-refractivity contribution >= 4 is 5.91 Å². The van der Waals surface area contributed by atoms with Crippen molar-refractivity contribution in [1.82, 2.24) is 10.2 Å². The summed E-state index contributed by atoms with van der Waals surface area (Å²) in [5.41, 5.74) is 1.46. The van der Waals surface area contributed by atoms with Gasteiger partial charge >= 0.3 is 0 Å². The third kappa shape index (κ3) is 5.70. The zero-order chi connectivity index (χ0) is 21.3. The van der Waals surface area contributed by atoms with Gasteiger partial charge in [0.05, 0.1) is 32.5 Å². The Kier molecular flexibility index (Phi) is 8.04. The van der Waals surface area contributed by atoms with Crippen molar-refractivity contribution in [2.24, 2.45) is 0 Å². The van der Waals surface area contributed by atoms with Gasteiger partial charge < -0.3 is 19.5 Å². The fourth-order valence-electron chi connectivity index (χ4n) is 3.52. The molecule has 1 aliphatic heterocycles. The number of halogens is 1. The summed E-state index contributed by atoms with van der Waals surface area (Å²) in [6.45, 7) is 7.99. The highest BCUT2D eigenvalue weighted by atomic mass is 19.1. The molecule has 1 amide bonds. The number of benzene rings is 2. The Labute approximate surface area is 176 Å². The zero-order valence-corrected chi connectivity index (χ0v) is 17.5. The van der Waals surface area contributed by atoms with Gasteiger partial charge in [0.1, 0.15) is 5.82 Å². The van der Waals surface area contributed by atoms with Gasteiger partial charge in [-0.1, -0.05) is 12.1 Å². The molecule has 1 fully saturated rings. The predicted molar refractivity (Wildman–Crippen MR) is 113 cm³/mol. The van der Waals surface area contributed by atoms with Gasteiger partial charge in [-0.25, -0.2) is 4.39 Å². The van der Waals surface area contributed by atoms with Gasteiger partial charge in [-0.15, -0.1) is 0 Å². The molecule has 0 radical (unpaired) electrons. The molecule has 1 heterocycles. The van der Waals surface area contributed by atoms with Crippen LogP contribution in [0.25, 0.3) is 0 Å². The van der Waals surface area contributed by atoms with Crippen molar-refractivity contribution in [3.05, 3.63) is 59.4 Å². The molecule has 1 atom stereocenters. The van der Waals surface area contributed by atoms with E-state index >= 15 is 0 Å². The van der Waals surface area contributed by atoms with Gasteiger partial charge in [-0.3, -0.25) is 9.69 Å². The van der Waals surface area contributed by atoms with Crippen LogP contribution in [0.3, 0.4) is 0 Å². The average molecular weight is 416 g/mol. The third-order valence-electron chi connectivity index (χ3n) is 5.00. The summed E-state index contributed by atoms with van der Waals surface area (Å²) in [6.07, 6.45) is 0. The minimum atomic E-state index is -0.277. The second-order valence-electron chi connectivity index (χ2n) is 6.95. The van der Waals surface area contributed by atoms with E-state index in [-0.39, 0.29) is 17.8 Å². The number of carbonyl (C=O) groups is 1. The maximum absolute atomic E-state index is 13.4. The summed E-state index contributed by atoms with van der Waals surface area (Å²) in [4.78, 5) is 15.1. The molecule has 1 N–H and O–H groups in total. The number of morpholine rings is 1. The molecular formula is C23H29FN2O4. The van der Waals surface area contributed by atoms with Crippen LogP contribution in [0.4, 0.5) is 4.39 Å². The molecule has 6 nitrogen and oxygen atoms in total. The number of amides is 1. The van der Waals surface area contributed by atoms with Gasteiger partial charge in [0.25, 0.3) is 5.91 Å². The number of carbonyl (C=O) groups excluding carboxylic acids is 1. The van der Waals surface area contributed by atoms with E-state index in [2.05, 4.69) is 10.2 Å². The summed E-state index contributed by atoms with van der Waals surface area (Å²) < 4.78 is 30.0. The Hall–Kier alpha value is -2.64. The number of rotatable bonds is 9. The highest BCUT2D eigenvalue weighted by Crippen LogP contribution is 2.29. The molecule has 0 aliphatic carbocycles. The van der Waals surface area contributed by atoms with E-state index in [9.17, 15) is 9.18 Å². The number of nitrogens with one attached hydrogen (secondary N) is 1. The first-order valence-corrected chi connectivity index (χ1v) is 10.4. The molecule has 0 saturated carbocycles. The standard InChI is InChI=1S/C23H29FN2O4/c1-3-29-21-10-7-18(15-22(21)30-4-2)23(27)25-16-20(26-11-13-28-14-12-26)17-5-8-19(24)9-6-17/h5-10,15,20H,3-4,11-14,16H2,1-2H3,(H,25,27). The van der Waals surface area contributed by atoms with Crippen LogP contribution in [0.15, 0.2) is 42.5 Å². The van der Waals surface area contributed by atoms with Crippen LogP contribution in [0, 0.1) is 5.82 Å². The van der Waals surface area contributed by atoms with Crippen LogP contribution in [-0.2, 0) is 4.74 Å². The Balaban J connectivity index is 1.73. The van der Waals surface area contributed by atoms with Gasteiger partial charge in [0.15, 0.2) is 11.5 Å². The normalized spacial score (nSPS) is 15.4. The summed E-state index contributed by atoms with van der Waals surface area (Å²) >= 11 is 0. The van der Waals surface area contributed by atoms with E-state index in [0.717, 1.165) is 18.7 Å². The first-order chi connectivity index (χ1) is 14.6. The smallest absolute Gasteiger partial charge is 0.251 e. The monoisotopic (exact) mass is 416 g/mol. The van der Waals surface area contributed by atoms with Crippen molar-refractivity contribution in [2.75, 3.05) is 46.1 Å².